The van der Waals surface area contributed by atoms with E-state index < -0.39 is 0 Å². The molecule has 1 aromatic rings. The molecule has 2 N–H and O–H groups in total. The molecule has 1 saturated carbocycles. The third kappa shape index (κ3) is 1.37. The average molecular weight is 196 g/mol. The smallest absolute Gasteiger partial charge is 0.168 e. The normalized spacial score (nSPS) is 27.0. The van der Waals surface area contributed by atoms with Gasteiger partial charge in [-0.05, 0) is 26.2 Å². The molecule has 14 heavy (non-hydrogen) atoms. The van der Waals surface area contributed by atoms with Gasteiger partial charge in [0.1, 0.15) is 0 Å². The molecule has 1 aliphatic carbocycles. The first-order chi connectivity index (χ1) is 6.74. The standard InChI is InChI=1S/C9H16N4O/c1-6-9(10)11-12-13(6)7-4-3-5-8(7)14-2/h7-8H,3-5,10H2,1-2H3. The summed E-state index contributed by atoms with van der Waals surface area (Å²) in [5.41, 5.74) is 6.60. The Morgan fingerprint density at radius 2 is 2.29 bits per heavy atom. The van der Waals surface area contributed by atoms with E-state index in [-0.39, 0.29) is 6.10 Å². The lowest BCUT2D eigenvalue weighted by atomic mass is 10.2. The minimum atomic E-state index is 0.259. The minimum Gasteiger partial charge on any atom is -0.381 e. The van der Waals surface area contributed by atoms with E-state index in [0.29, 0.717) is 11.9 Å². The summed E-state index contributed by atoms with van der Waals surface area (Å²) in [5.74, 6) is 0.520. The number of methoxy groups -OCH3 is 1. The van der Waals surface area contributed by atoms with Gasteiger partial charge in [-0.3, -0.25) is 0 Å². The van der Waals surface area contributed by atoms with E-state index in [9.17, 15) is 0 Å². The Balaban J connectivity index is 2.26. The van der Waals surface area contributed by atoms with Gasteiger partial charge in [0, 0.05) is 7.11 Å². The number of hydrogen-bond donors (Lipinski definition) is 1. The molecule has 0 aliphatic heterocycles. The summed E-state index contributed by atoms with van der Waals surface area (Å²) < 4.78 is 7.31. The summed E-state index contributed by atoms with van der Waals surface area (Å²) in [6.07, 6.45) is 3.64. The lowest BCUT2D eigenvalue weighted by molar-refractivity contribution is 0.0695. The van der Waals surface area contributed by atoms with Crippen molar-refractivity contribution in [3.05, 3.63) is 5.69 Å². The first kappa shape index (κ1) is 9.45. The highest BCUT2D eigenvalue weighted by Gasteiger charge is 2.30. The second-order valence-corrected chi connectivity index (χ2v) is 3.78. The Kier molecular flexibility index (Phi) is 2.41. The van der Waals surface area contributed by atoms with Crippen LogP contribution < -0.4 is 5.73 Å². The van der Waals surface area contributed by atoms with Crippen molar-refractivity contribution in [1.82, 2.24) is 15.0 Å². The number of anilines is 1. The summed E-state index contributed by atoms with van der Waals surface area (Å²) in [7, 11) is 1.75. The van der Waals surface area contributed by atoms with Gasteiger partial charge < -0.3 is 10.5 Å². The number of ether oxygens (including phenoxy) is 1. The molecule has 0 radical (unpaired) electrons. The van der Waals surface area contributed by atoms with E-state index >= 15 is 0 Å². The van der Waals surface area contributed by atoms with Crippen LogP contribution in [0.3, 0.4) is 0 Å². The maximum atomic E-state index is 5.66. The van der Waals surface area contributed by atoms with Crippen LogP contribution in [0.5, 0.6) is 0 Å². The predicted octanol–water partition coefficient (Wildman–Crippen LogP) is 0.909. The van der Waals surface area contributed by atoms with Gasteiger partial charge in [-0.25, -0.2) is 4.68 Å². The van der Waals surface area contributed by atoms with E-state index in [1.54, 1.807) is 7.11 Å². The Morgan fingerprint density at radius 1 is 1.50 bits per heavy atom. The van der Waals surface area contributed by atoms with Crippen LogP contribution in [0.25, 0.3) is 0 Å². The van der Waals surface area contributed by atoms with Crippen LogP contribution in [-0.2, 0) is 4.74 Å². The summed E-state index contributed by atoms with van der Waals surface area (Å²) in [5, 5.41) is 7.92. The van der Waals surface area contributed by atoms with Gasteiger partial charge in [-0.1, -0.05) is 5.21 Å². The molecule has 5 heteroatoms. The highest BCUT2D eigenvalue weighted by molar-refractivity contribution is 5.31. The minimum absolute atomic E-state index is 0.259. The fourth-order valence-corrected chi connectivity index (χ4v) is 2.13. The monoisotopic (exact) mass is 196 g/mol. The molecular formula is C9H16N4O. The fourth-order valence-electron chi connectivity index (χ4n) is 2.13. The van der Waals surface area contributed by atoms with Gasteiger partial charge in [-0.15, -0.1) is 5.10 Å². The van der Waals surface area contributed by atoms with E-state index in [0.717, 1.165) is 18.5 Å². The topological polar surface area (TPSA) is 66.0 Å². The number of nitrogens with zero attached hydrogens (tertiary/aromatic N) is 3. The SMILES string of the molecule is COC1CCCC1n1nnc(N)c1C. The molecule has 1 fully saturated rings. The van der Waals surface area contributed by atoms with Crippen molar-refractivity contribution in [1.29, 1.82) is 0 Å². The van der Waals surface area contributed by atoms with Gasteiger partial charge in [-0.2, -0.15) is 0 Å². The molecule has 2 atom stereocenters. The van der Waals surface area contributed by atoms with Crippen molar-refractivity contribution in [2.24, 2.45) is 0 Å². The van der Waals surface area contributed by atoms with Crippen LogP contribution >= 0.6 is 0 Å². The van der Waals surface area contributed by atoms with E-state index in [1.807, 2.05) is 11.6 Å². The quantitative estimate of drug-likeness (QED) is 0.763. The second-order valence-electron chi connectivity index (χ2n) is 3.78. The molecule has 0 bridgehead atoms. The Morgan fingerprint density at radius 3 is 2.86 bits per heavy atom. The van der Waals surface area contributed by atoms with Crippen molar-refractivity contribution in [2.45, 2.75) is 38.3 Å². The molecule has 1 heterocycles. The summed E-state index contributed by atoms with van der Waals surface area (Å²) in [6, 6.07) is 0.310. The third-order valence-corrected chi connectivity index (χ3v) is 3.00. The van der Waals surface area contributed by atoms with Crippen LogP contribution in [0.2, 0.25) is 0 Å². The summed E-state index contributed by atoms with van der Waals surface area (Å²) in [4.78, 5) is 0. The molecule has 5 nitrogen and oxygen atoms in total. The van der Waals surface area contributed by atoms with Crippen LogP contribution in [0, 0.1) is 6.92 Å². The van der Waals surface area contributed by atoms with Crippen molar-refractivity contribution in [3.63, 3.8) is 0 Å². The molecule has 1 aromatic heterocycles. The Labute approximate surface area is 83.2 Å². The molecule has 0 amide bonds. The van der Waals surface area contributed by atoms with Crippen molar-refractivity contribution in [3.8, 4) is 0 Å². The third-order valence-electron chi connectivity index (χ3n) is 3.00. The Hall–Kier alpha value is -1.10. The molecule has 0 aromatic carbocycles. The first-order valence-electron chi connectivity index (χ1n) is 4.94. The molecule has 1 aliphatic rings. The first-order valence-corrected chi connectivity index (χ1v) is 4.94. The van der Waals surface area contributed by atoms with Gasteiger partial charge in [0.2, 0.25) is 0 Å². The summed E-state index contributed by atoms with van der Waals surface area (Å²) in [6.45, 7) is 1.94. The van der Waals surface area contributed by atoms with Crippen LogP contribution in [0.15, 0.2) is 0 Å². The lowest BCUT2D eigenvalue weighted by Gasteiger charge is -2.18. The molecule has 0 saturated heterocycles. The van der Waals surface area contributed by atoms with Crippen molar-refractivity contribution < 1.29 is 4.74 Å². The lowest BCUT2D eigenvalue weighted by Crippen LogP contribution is -2.22. The van der Waals surface area contributed by atoms with Crippen molar-refractivity contribution >= 4 is 5.82 Å². The Bertz CT molecular complexity index is 323. The van der Waals surface area contributed by atoms with Gasteiger partial charge in [0.15, 0.2) is 5.82 Å². The zero-order chi connectivity index (χ0) is 10.1. The molecule has 2 rings (SSSR count). The molecule has 2 unspecified atom stereocenters. The molecular weight excluding hydrogens is 180 g/mol. The maximum Gasteiger partial charge on any atom is 0.168 e. The fraction of sp³-hybridized carbons (Fsp3) is 0.778. The van der Waals surface area contributed by atoms with Crippen LogP contribution in [0.4, 0.5) is 5.82 Å². The number of aromatic nitrogens is 3. The number of nitrogens with two attached hydrogens (primary N) is 1. The number of nitrogen functional groups attached to an aromatic ring is 1. The zero-order valence-corrected chi connectivity index (χ0v) is 8.60. The number of hydrogen-bond acceptors (Lipinski definition) is 4. The average Bonchev–Trinajstić information content (AvgIpc) is 2.75. The highest BCUT2D eigenvalue weighted by atomic mass is 16.5. The van der Waals surface area contributed by atoms with Gasteiger partial charge >= 0.3 is 0 Å². The van der Waals surface area contributed by atoms with E-state index in [4.69, 9.17) is 10.5 Å². The molecule has 0 spiro atoms. The van der Waals surface area contributed by atoms with Crippen LogP contribution in [-0.4, -0.2) is 28.2 Å². The zero-order valence-electron chi connectivity index (χ0n) is 8.60. The summed E-state index contributed by atoms with van der Waals surface area (Å²) >= 11 is 0. The van der Waals surface area contributed by atoms with Crippen molar-refractivity contribution in [2.75, 3.05) is 12.8 Å². The largest absolute Gasteiger partial charge is 0.381 e. The maximum absolute atomic E-state index is 5.66. The van der Waals surface area contributed by atoms with E-state index in [1.165, 1.54) is 6.42 Å². The highest BCUT2D eigenvalue weighted by Crippen LogP contribution is 2.32. The van der Waals surface area contributed by atoms with Crippen LogP contribution in [0.1, 0.15) is 31.0 Å². The second kappa shape index (κ2) is 3.57. The molecule has 78 valence electrons. The van der Waals surface area contributed by atoms with Gasteiger partial charge in [0.05, 0.1) is 17.8 Å². The van der Waals surface area contributed by atoms with Gasteiger partial charge in [0.25, 0.3) is 0 Å². The number of rotatable bonds is 2. The van der Waals surface area contributed by atoms with E-state index in [2.05, 4.69) is 10.3 Å². The predicted molar refractivity (Wildman–Crippen MR) is 52.9 cm³/mol.